The number of benzene rings is 1. The van der Waals surface area contributed by atoms with Crippen molar-refractivity contribution < 1.29 is 4.74 Å². The van der Waals surface area contributed by atoms with E-state index in [1.165, 1.54) is 0 Å². The van der Waals surface area contributed by atoms with Crippen LogP contribution in [-0.2, 0) is 12.6 Å². The number of allylic oxidation sites excluding steroid dienone is 1. The Morgan fingerprint density at radius 1 is 1.26 bits per heavy atom. The standard InChI is InChI=1S/C26H27N7O2/c1-5-16(2)28-18-7-6-8-19(9-18)32-14-20(29-21-13-31(3)30-24(21)35-4)22-23(25(32)34)33(15-27-22)26-10-17(11-26)12-26/h5-9,13-15,17,28-29H,1-2,10-12H2,3-4H3. The second-order valence-electron chi connectivity index (χ2n) is 9.49. The van der Waals surface area contributed by atoms with Crippen LogP contribution in [0, 0.1) is 5.92 Å². The van der Waals surface area contributed by atoms with Crippen molar-refractivity contribution in [2.24, 2.45) is 13.0 Å². The average molecular weight is 470 g/mol. The lowest BCUT2D eigenvalue weighted by atomic mass is 9.49. The van der Waals surface area contributed by atoms with Crippen LogP contribution in [0.25, 0.3) is 16.7 Å². The van der Waals surface area contributed by atoms with Crippen molar-refractivity contribution in [3.05, 3.63) is 78.3 Å². The largest absolute Gasteiger partial charge is 0.478 e. The summed E-state index contributed by atoms with van der Waals surface area (Å²) in [5.41, 5.74) is 4.77. The van der Waals surface area contributed by atoms with Crippen LogP contribution >= 0.6 is 0 Å². The lowest BCUT2D eigenvalue weighted by Gasteiger charge is -2.62. The molecule has 3 fully saturated rings. The van der Waals surface area contributed by atoms with E-state index in [2.05, 4.69) is 33.5 Å². The monoisotopic (exact) mass is 469 g/mol. The van der Waals surface area contributed by atoms with Gasteiger partial charge in [-0.15, -0.1) is 5.10 Å². The van der Waals surface area contributed by atoms with Gasteiger partial charge in [0, 0.05) is 30.2 Å². The van der Waals surface area contributed by atoms with Crippen molar-refractivity contribution in [1.82, 2.24) is 23.9 Å². The molecule has 3 aromatic heterocycles. The summed E-state index contributed by atoms with van der Waals surface area (Å²) >= 11 is 0. The van der Waals surface area contributed by atoms with E-state index in [0.717, 1.165) is 36.6 Å². The van der Waals surface area contributed by atoms with Crippen molar-refractivity contribution in [3.63, 3.8) is 0 Å². The van der Waals surface area contributed by atoms with Crippen molar-refractivity contribution in [2.75, 3.05) is 17.7 Å². The van der Waals surface area contributed by atoms with Crippen LogP contribution in [0.3, 0.4) is 0 Å². The Hall–Kier alpha value is -4.27. The zero-order valence-corrected chi connectivity index (χ0v) is 19.8. The van der Waals surface area contributed by atoms with E-state index in [0.29, 0.717) is 34.0 Å². The molecule has 0 spiro atoms. The van der Waals surface area contributed by atoms with Crippen LogP contribution < -0.4 is 20.9 Å². The van der Waals surface area contributed by atoms with Gasteiger partial charge in [-0.05, 0) is 49.5 Å². The van der Waals surface area contributed by atoms with Gasteiger partial charge in [-0.3, -0.25) is 14.0 Å². The quantitative estimate of drug-likeness (QED) is 0.374. The van der Waals surface area contributed by atoms with Crippen molar-refractivity contribution in [2.45, 2.75) is 24.8 Å². The van der Waals surface area contributed by atoms with Gasteiger partial charge in [-0.1, -0.05) is 19.2 Å². The number of fused-ring (bicyclic) bond motifs is 1. The molecule has 2 N–H and O–H groups in total. The maximum absolute atomic E-state index is 13.9. The molecule has 0 unspecified atom stereocenters. The van der Waals surface area contributed by atoms with Crippen LogP contribution in [0.4, 0.5) is 17.1 Å². The van der Waals surface area contributed by atoms with E-state index in [1.54, 1.807) is 28.6 Å². The molecule has 3 saturated carbocycles. The molecule has 0 aliphatic heterocycles. The molecule has 178 valence electrons. The second-order valence-corrected chi connectivity index (χ2v) is 9.49. The highest BCUT2D eigenvalue weighted by molar-refractivity contribution is 5.90. The van der Waals surface area contributed by atoms with Crippen molar-refractivity contribution in [3.8, 4) is 11.6 Å². The smallest absolute Gasteiger partial charge is 0.281 e. The summed E-state index contributed by atoms with van der Waals surface area (Å²) in [6, 6.07) is 7.65. The zero-order valence-electron chi connectivity index (χ0n) is 19.8. The van der Waals surface area contributed by atoms with Crippen molar-refractivity contribution >= 4 is 28.1 Å². The minimum Gasteiger partial charge on any atom is -0.478 e. The van der Waals surface area contributed by atoms with E-state index >= 15 is 0 Å². The number of imidazole rings is 1. The molecule has 4 aromatic rings. The summed E-state index contributed by atoms with van der Waals surface area (Å²) in [5.74, 6) is 1.24. The third kappa shape index (κ3) is 3.26. The van der Waals surface area contributed by atoms with Gasteiger partial charge in [-0.25, -0.2) is 4.98 Å². The van der Waals surface area contributed by atoms with E-state index in [-0.39, 0.29) is 11.1 Å². The van der Waals surface area contributed by atoms with E-state index in [9.17, 15) is 4.79 Å². The molecule has 3 heterocycles. The highest BCUT2D eigenvalue weighted by Crippen LogP contribution is 2.62. The number of rotatable bonds is 8. The molecule has 0 amide bonds. The summed E-state index contributed by atoms with van der Waals surface area (Å²) in [5, 5.41) is 10.9. The topological polar surface area (TPSA) is 90.9 Å². The number of aromatic nitrogens is 5. The molecule has 0 saturated heterocycles. The fourth-order valence-corrected chi connectivity index (χ4v) is 5.30. The number of nitrogens with zero attached hydrogens (tertiary/aromatic N) is 5. The van der Waals surface area contributed by atoms with Gasteiger partial charge in [0.25, 0.3) is 11.4 Å². The number of hydrogen-bond donors (Lipinski definition) is 2. The first-order valence-electron chi connectivity index (χ1n) is 11.6. The number of anilines is 3. The number of hydrogen-bond acceptors (Lipinski definition) is 6. The molecule has 9 heteroatoms. The molecule has 9 nitrogen and oxygen atoms in total. The summed E-state index contributed by atoms with van der Waals surface area (Å²) in [7, 11) is 3.41. The number of methoxy groups -OCH3 is 1. The van der Waals surface area contributed by atoms with E-state index in [4.69, 9.17) is 9.72 Å². The fourth-order valence-electron chi connectivity index (χ4n) is 5.30. The maximum Gasteiger partial charge on any atom is 0.281 e. The van der Waals surface area contributed by atoms with Crippen LogP contribution in [-0.4, -0.2) is 31.0 Å². The summed E-state index contributed by atoms with van der Waals surface area (Å²) in [6.07, 6.45) is 10.4. The van der Waals surface area contributed by atoms with Gasteiger partial charge < -0.3 is 19.9 Å². The Morgan fingerprint density at radius 3 is 2.74 bits per heavy atom. The normalized spacial score (nSPS) is 20.1. The Kier molecular flexibility index (Phi) is 4.64. The lowest BCUT2D eigenvalue weighted by Crippen LogP contribution is -2.59. The molecule has 2 bridgehead atoms. The summed E-state index contributed by atoms with van der Waals surface area (Å²) < 4.78 is 10.9. The second kappa shape index (κ2) is 7.63. The van der Waals surface area contributed by atoms with Crippen LogP contribution in [0.15, 0.2) is 72.7 Å². The molecule has 35 heavy (non-hydrogen) atoms. The minimum absolute atomic E-state index is 0.0200. The minimum atomic E-state index is -0.106. The van der Waals surface area contributed by atoms with Gasteiger partial charge in [0.1, 0.15) is 16.7 Å². The van der Waals surface area contributed by atoms with Gasteiger partial charge in [0.05, 0.1) is 31.0 Å². The molecule has 0 radical (unpaired) electrons. The predicted octanol–water partition coefficient (Wildman–Crippen LogP) is 4.29. The Balaban J connectivity index is 1.53. The zero-order chi connectivity index (χ0) is 24.3. The molecular formula is C26H27N7O2. The highest BCUT2D eigenvalue weighted by atomic mass is 16.5. The Bertz CT molecular complexity index is 1540. The third-order valence-electron chi connectivity index (χ3n) is 7.15. The highest BCUT2D eigenvalue weighted by Gasteiger charge is 2.58. The number of ether oxygens (including phenoxy) is 1. The maximum atomic E-state index is 13.9. The first kappa shape index (κ1) is 21.3. The van der Waals surface area contributed by atoms with Gasteiger partial charge in [0.15, 0.2) is 0 Å². The molecule has 7 rings (SSSR count). The predicted molar refractivity (Wildman–Crippen MR) is 137 cm³/mol. The van der Waals surface area contributed by atoms with Gasteiger partial charge >= 0.3 is 0 Å². The van der Waals surface area contributed by atoms with E-state index < -0.39 is 0 Å². The Labute approximate surface area is 202 Å². The molecule has 3 aliphatic rings. The first-order valence-corrected chi connectivity index (χ1v) is 11.6. The SMILES string of the molecule is C=CC(=C)Nc1cccc(-n2cc(Nc3cn(C)nc3OC)c3ncn(C45CC(C4)C5)c3c2=O)c1. The third-order valence-corrected chi connectivity index (χ3v) is 7.15. The summed E-state index contributed by atoms with van der Waals surface area (Å²) in [6.45, 7) is 7.67. The fraction of sp³-hybridized carbons (Fsp3) is 0.269. The van der Waals surface area contributed by atoms with Crippen LogP contribution in [0.2, 0.25) is 0 Å². The van der Waals surface area contributed by atoms with Gasteiger partial charge in [0.2, 0.25) is 0 Å². The molecule has 1 aromatic carbocycles. The molecule has 0 atom stereocenters. The van der Waals surface area contributed by atoms with Crippen molar-refractivity contribution in [1.29, 1.82) is 0 Å². The van der Waals surface area contributed by atoms with Crippen LogP contribution in [0.5, 0.6) is 5.88 Å². The van der Waals surface area contributed by atoms with Gasteiger partial charge in [-0.2, -0.15) is 0 Å². The number of pyridine rings is 1. The average Bonchev–Trinajstić information content (AvgIpc) is 3.37. The lowest BCUT2D eigenvalue weighted by molar-refractivity contribution is -0.0860. The first-order chi connectivity index (χ1) is 16.9. The van der Waals surface area contributed by atoms with Crippen LogP contribution in [0.1, 0.15) is 19.3 Å². The number of aryl methyl sites for hydroxylation is 1. The Morgan fingerprint density at radius 2 is 2.06 bits per heavy atom. The molecule has 3 aliphatic carbocycles. The van der Waals surface area contributed by atoms with E-state index in [1.807, 2.05) is 43.8 Å². The molecular weight excluding hydrogens is 442 g/mol. The number of nitrogens with one attached hydrogen (secondary N) is 2. The summed E-state index contributed by atoms with van der Waals surface area (Å²) in [4.78, 5) is 18.6.